The smallest absolute Gasteiger partial charge is 0.325 e. The Hall–Kier alpha value is -2.40. The number of benzene rings is 1. The van der Waals surface area contributed by atoms with Crippen molar-refractivity contribution in [2.24, 2.45) is 0 Å². The van der Waals surface area contributed by atoms with E-state index < -0.39 is 11.9 Å². The molecule has 0 saturated carbocycles. The van der Waals surface area contributed by atoms with Crippen LogP contribution in [0.15, 0.2) is 42.6 Å². The van der Waals surface area contributed by atoms with Crippen LogP contribution in [0, 0.1) is 0 Å². The van der Waals surface area contributed by atoms with Crippen LogP contribution in [-0.4, -0.2) is 30.5 Å². The summed E-state index contributed by atoms with van der Waals surface area (Å²) in [6.45, 7) is -0.196. The van der Waals surface area contributed by atoms with Gasteiger partial charge in [0.1, 0.15) is 12.2 Å². The van der Waals surface area contributed by atoms with E-state index in [9.17, 15) is 9.59 Å². The van der Waals surface area contributed by atoms with E-state index in [1.54, 1.807) is 24.3 Å². The fourth-order valence-electron chi connectivity index (χ4n) is 1.72. The zero-order chi connectivity index (χ0) is 15.2. The number of rotatable bonds is 4. The van der Waals surface area contributed by atoms with Crippen molar-refractivity contribution in [2.75, 3.05) is 13.7 Å². The van der Waals surface area contributed by atoms with Gasteiger partial charge in [-0.05, 0) is 35.4 Å². The van der Waals surface area contributed by atoms with Gasteiger partial charge in [0.05, 0.1) is 7.11 Å². The standard InChI is InChI=1S/C15H13ClN2O3/c1-21-14(19)9-18-15(20)13-8-11(5-6-17-13)10-3-2-4-12(16)7-10/h2-8H,9H2,1H3,(H,18,20). The topological polar surface area (TPSA) is 68.3 Å². The third kappa shape index (κ3) is 4.03. The summed E-state index contributed by atoms with van der Waals surface area (Å²) in [6, 6.07) is 10.7. The summed E-state index contributed by atoms with van der Waals surface area (Å²) in [7, 11) is 1.26. The summed E-state index contributed by atoms with van der Waals surface area (Å²) < 4.78 is 4.45. The van der Waals surface area contributed by atoms with Crippen molar-refractivity contribution in [1.29, 1.82) is 0 Å². The lowest BCUT2D eigenvalue weighted by atomic mass is 10.1. The first kappa shape index (κ1) is 15.0. The lowest BCUT2D eigenvalue weighted by Gasteiger charge is -2.06. The summed E-state index contributed by atoms with van der Waals surface area (Å²) in [4.78, 5) is 26.9. The predicted octanol–water partition coefficient (Wildman–Crippen LogP) is 2.30. The first-order chi connectivity index (χ1) is 10.1. The molecule has 0 aliphatic carbocycles. The van der Waals surface area contributed by atoms with Crippen LogP contribution < -0.4 is 5.32 Å². The number of pyridine rings is 1. The maximum atomic E-state index is 11.9. The Bertz CT molecular complexity index is 673. The molecule has 0 aliphatic heterocycles. The van der Waals surface area contributed by atoms with E-state index in [0.717, 1.165) is 11.1 Å². The van der Waals surface area contributed by atoms with Gasteiger partial charge in [0.15, 0.2) is 0 Å². The van der Waals surface area contributed by atoms with Crippen LogP contribution in [0.2, 0.25) is 5.02 Å². The number of hydrogen-bond donors (Lipinski definition) is 1. The molecule has 0 bridgehead atoms. The van der Waals surface area contributed by atoms with Gasteiger partial charge in [0, 0.05) is 11.2 Å². The van der Waals surface area contributed by atoms with Crippen molar-refractivity contribution < 1.29 is 14.3 Å². The zero-order valence-corrected chi connectivity index (χ0v) is 12.1. The highest BCUT2D eigenvalue weighted by molar-refractivity contribution is 6.30. The van der Waals surface area contributed by atoms with Crippen LogP contribution in [0.3, 0.4) is 0 Å². The molecule has 2 aromatic rings. The van der Waals surface area contributed by atoms with Gasteiger partial charge in [0.2, 0.25) is 0 Å². The Morgan fingerprint density at radius 2 is 2.00 bits per heavy atom. The number of ether oxygens (including phenoxy) is 1. The lowest BCUT2D eigenvalue weighted by Crippen LogP contribution is -2.30. The summed E-state index contributed by atoms with van der Waals surface area (Å²) in [5.41, 5.74) is 1.92. The molecule has 21 heavy (non-hydrogen) atoms. The monoisotopic (exact) mass is 304 g/mol. The molecular weight excluding hydrogens is 292 g/mol. The van der Waals surface area contributed by atoms with Crippen LogP contribution >= 0.6 is 11.6 Å². The van der Waals surface area contributed by atoms with E-state index >= 15 is 0 Å². The van der Waals surface area contributed by atoms with Crippen LogP contribution in [0.25, 0.3) is 11.1 Å². The van der Waals surface area contributed by atoms with E-state index in [0.29, 0.717) is 5.02 Å². The molecule has 6 heteroatoms. The Labute approximate surface area is 126 Å². The van der Waals surface area contributed by atoms with E-state index in [2.05, 4.69) is 15.0 Å². The summed E-state index contributed by atoms with van der Waals surface area (Å²) in [5, 5.41) is 3.05. The van der Waals surface area contributed by atoms with Gasteiger partial charge in [-0.3, -0.25) is 14.6 Å². The second-order valence-electron chi connectivity index (χ2n) is 4.20. The Morgan fingerprint density at radius 1 is 1.24 bits per heavy atom. The zero-order valence-electron chi connectivity index (χ0n) is 11.3. The van der Waals surface area contributed by atoms with E-state index in [4.69, 9.17) is 11.6 Å². The lowest BCUT2D eigenvalue weighted by molar-refractivity contribution is -0.139. The third-order valence-corrected chi connectivity index (χ3v) is 3.01. The number of nitrogens with one attached hydrogen (secondary N) is 1. The van der Waals surface area contributed by atoms with Crippen LogP contribution in [0.5, 0.6) is 0 Å². The molecule has 0 spiro atoms. The van der Waals surface area contributed by atoms with E-state index in [1.807, 2.05) is 12.1 Å². The van der Waals surface area contributed by atoms with Gasteiger partial charge >= 0.3 is 5.97 Å². The van der Waals surface area contributed by atoms with E-state index in [-0.39, 0.29) is 12.2 Å². The van der Waals surface area contributed by atoms with Gasteiger partial charge in [0.25, 0.3) is 5.91 Å². The van der Waals surface area contributed by atoms with Gasteiger partial charge in [-0.2, -0.15) is 0 Å². The molecule has 1 aromatic carbocycles. The normalized spacial score (nSPS) is 10.0. The molecule has 0 aliphatic rings. The number of aromatic nitrogens is 1. The molecule has 1 N–H and O–H groups in total. The second-order valence-corrected chi connectivity index (χ2v) is 4.64. The van der Waals surface area contributed by atoms with Crippen molar-refractivity contribution >= 4 is 23.5 Å². The quantitative estimate of drug-likeness (QED) is 0.880. The predicted molar refractivity (Wildman–Crippen MR) is 79.0 cm³/mol. The SMILES string of the molecule is COC(=O)CNC(=O)c1cc(-c2cccc(Cl)c2)ccn1. The Morgan fingerprint density at radius 3 is 2.71 bits per heavy atom. The number of carbonyl (C=O) groups excluding carboxylic acids is 2. The van der Waals surface area contributed by atoms with Crippen LogP contribution in [0.1, 0.15) is 10.5 Å². The minimum atomic E-state index is -0.519. The molecule has 1 heterocycles. The van der Waals surface area contributed by atoms with Gasteiger partial charge < -0.3 is 10.1 Å². The fraction of sp³-hybridized carbons (Fsp3) is 0.133. The maximum absolute atomic E-state index is 11.9. The minimum Gasteiger partial charge on any atom is -0.468 e. The number of amides is 1. The first-order valence-electron chi connectivity index (χ1n) is 6.17. The van der Waals surface area contributed by atoms with Gasteiger partial charge in [-0.15, -0.1) is 0 Å². The number of carbonyl (C=O) groups is 2. The average molecular weight is 305 g/mol. The molecule has 0 atom stereocenters. The number of halogens is 1. The van der Waals surface area contributed by atoms with Crippen molar-refractivity contribution in [2.45, 2.75) is 0 Å². The number of esters is 1. The molecule has 1 amide bonds. The van der Waals surface area contributed by atoms with Crippen molar-refractivity contribution in [1.82, 2.24) is 10.3 Å². The summed E-state index contributed by atoms with van der Waals surface area (Å²) in [5.74, 6) is -0.960. The molecule has 1 aromatic heterocycles. The molecule has 0 unspecified atom stereocenters. The van der Waals surface area contributed by atoms with Crippen molar-refractivity contribution in [3.8, 4) is 11.1 Å². The van der Waals surface area contributed by atoms with Crippen molar-refractivity contribution in [3.63, 3.8) is 0 Å². The largest absolute Gasteiger partial charge is 0.468 e. The van der Waals surface area contributed by atoms with Crippen LogP contribution in [-0.2, 0) is 9.53 Å². The van der Waals surface area contributed by atoms with Crippen molar-refractivity contribution in [3.05, 3.63) is 53.3 Å². The molecule has 2 rings (SSSR count). The molecule has 108 valence electrons. The summed E-state index contributed by atoms with van der Waals surface area (Å²) >= 11 is 5.95. The molecular formula is C15H13ClN2O3. The third-order valence-electron chi connectivity index (χ3n) is 2.77. The molecule has 0 saturated heterocycles. The van der Waals surface area contributed by atoms with Crippen LogP contribution in [0.4, 0.5) is 0 Å². The van der Waals surface area contributed by atoms with Gasteiger partial charge in [-0.25, -0.2) is 0 Å². The number of nitrogens with zero attached hydrogens (tertiary/aromatic N) is 1. The summed E-state index contributed by atoms with van der Waals surface area (Å²) in [6.07, 6.45) is 1.53. The highest BCUT2D eigenvalue weighted by atomic mass is 35.5. The molecule has 5 nitrogen and oxygen atoms in total. The highest BCUT2D eigenvalue weighted by Gasteiger charge is 2.10. The number of hydrogen-bond acceptors (Lipinski definition) is 4. The first-order valence-corrected chi connectivity index (χ1v) is 6.55. The Kier molecular flexibility index (Phi) is 4.90. The molecule has 0 radical (unpaired) electrons. The van der Waals surface area contributed by atoms with Gasteiger partial charge in [-0.1, -0.05) is 23.7 Å². The maximum Gasteiger partial charge on any atom is 0.325 e. The molecule has 0 fully saturated rings. The fourth-order valence-corrected chi connectivity index (χ4v) is 1.91. The number of methoxy groups -OCH3 is 1. The van der Waals surface area contributed by atoms with E-state index in [1.165, 1.54) is 13.3 Å². The average Bonchev–Trinajstić information content (AvgIpc) is 2.52. The second kappa shape index (κ2) is 6.85. The minimum absolute atomic E-state index is 0.196. The Balaban J connectivity index is 2.18. The highest BCUT2D eigenvalue weighted by Crippen LogP contribution is 2.22.